The van der Waals surface area contributed by atoms with E-state index < -0.39 is 7.71 Å². The minimum atomic E-state index is -2.38. The molecule has 2 atom stereocenters. The van der Waals surface area contributed by atoms with E-state index in [4.69, 9.17) is 23.9 Å². The largest absolute Gasteiger partial charge is 0.311 e. The van der Waals surface area contributed by atoms with Crippen molar-refractivity contribution in [1.29, 1.82) is 0 Å². The van der Waals surface area contributed by atoms with Gasteiger partial charge < -0.3 is 0 Å². The van der Waals surface area contributed by atoms with Crippen molar-refractivity contribution in [3.05, 3.63) is 12.7 Å². The van der Waals surface area contributed by atoms with Gasteiger partial charge in [-0.05, 0) is 60.2 Å². The molecule has 0 aromatic carbocycles. The molecule has 0 amide bonds. The van der Waals surface area contributed by atoms with Crippen LogP contribution >= 0.6 is 11.1 Å². The van der Waals surface area contributed by atoms with Gasteiger partial charge >= 0.3 is 7.71 Å². The molecule has 0 spiro atoms. The fraction of sp³-hybridized carbons (Fsp3) is 0.440. The van der Waals surface area contributed by atoms with Crippen molar-refractivity contribution in [2.75, 3.05) is 13.1 Å². The van der Waals surface area contributed by atoms with Crippen LogP contribution in [-0.2, 0) is 0 Å². The number of rotatable bonds is 6. The van der Waals surface area contributed by atoms with Gasteiger partial charge in [0.1, 0.15) is 0 Å². The lowest BCUT2D eigenvalue weighted by molar-refractivity contribution is 0.206. The van der Waals surface area contributed by atoms with Crippen LogP contribution < -0.4 is 0 Å². The molecule has 0 aromatic rings. The van der Waals surface area contributed by atoms with Crippen LogP contribution in [0.15, 0.2) is 12.7 Å². The maximum absolute atomic E-state index is 7.42. The van der Waals surface area contributed by atoms with Crippen molar-refractivity contribution < 1.29 is 0 Å². The lowest BCUT2D eigenvalue weighted by atomic mass is 9.90. The molecule has 2 fully saturated rings. The Morgan fingerprint density at radius 2 is 1.34 bits per heavy atom. The molecule has 2 rings (SSSR count). The average molecular weight is 417 g/mol. The normalized spacial score (nSPS) is 21.8. The van der Waals surface area contributed by atoms with Crippen LogP contribution in [0.25, 0.3) is 0 Å². The van der Waals surface area contributed by atoms with Crippen LogP contribution in [0.4, 0.5) is 0 Å². The average Bonchev–Trinajstić information content (AvgIpc) is 2.95. The van der Waals surface area contributed by atoms with E-state index in [9.17, 15) is 0 Å². The molecule has 1 aliphatic heterocycles. The summed E-state index contributed by atoms with van der Waals surface area (Å²) in [5, 5.41) is 0. The van der Waals surface area contributed by atoms with Crippen LogP contribution in [0.2, 0.25) is 6.04 Å². The molecule has 146 valence electrons. The fourth-order valence-electron chi connectivity index (χ4n) is 4.29. The Hall–Kier alpha value is -2.47. The lowest BCUT2D eigenvalue weighted by Gasteiger charge is -2.36. The number of halogens is 1. The first-order valence-corrected chi connectivity index (χ1v) is 13.0. The number of terminal acetylenes is 2. The summed E-state index contributed by atoms with van der Waals surface area (Å²) < 4.78 is 5.10. The molecule has 0 N–H and O–H groups in total. The van der Waals surface area contributed by atoms with E-state index >= 15 is 0 Å². The van der Waals surface area contributed by atoms with E-state index in [0.717, 1.165) is 32.0 Å². The maximum atomic E-state index is 7.42. The first-order valence-electron chi connectivity index (χ1n) is 9.89. The third kappa shape index (κ3) is 6.00. The van der Waals surface area contributed by atoms with E-state index in [1.807, 2.05) is 6.08 Å². The number of nitrogens with zero attached hydrogens (tertiary/aromatic N) is 2. The van der Waals surface area contributed by atoms with Crippen LogP contribution in [0.3, 0.4) is 0 Å². The van der Waals surface area contributed by atoms with Crippen molar-refractivity contribution in [2.45, 2.75) is 56.7 Å². The minimum absolute atomic E-state index is 0.487. The van der Waals surface area contributed by atoms with Crippen molar-refractivity contribution in [3.8, 4) is 72.1 Å². The molecule has 1 saturated heterocycles. The molecular weight excluding hydrogens is 392 g/mol. The number of allylic oxidation sites excluding steroid dienone is 1. The van der Waals surface area contributed by atoms with E-state index in [2.05, 4.69) is 74.9 Å². The molecule has 1 saturated carbocycles. The summed E-state index contributed by atoms with van der Waals surface area (Å²) in [6, 6.07) is 1.79. The molecule has 4 heteroatoms. The van der Waals surface area contributed by atoms with E-state index in [1.165, 1.54) is 25.7 Å². The molecule has 0 bridgehead atoms. The van der Waals surface area contributed by atoms with E-state index in [1.54, 1.807) is 0 Å². The monoisotopic (exact) mass is 416 g/mol. The lowest BCUT2D eigenvalue weighted by Crippen LogP contribution is -2.56. The topological polar surface area (TPSA) is 6.48 Å². The highest BCUT2D eigenvalue weighted by molar-refractivity contribution is 7.17. The summed E-state index contributed by atoms with van der Waals surface area (Å²) in [6.45, 7) is 5.69. The van der Waals surface area contributed by atoms with Gasteiger partial charge in [0.05, 0.1) is 0 Å². The standard InChI is InChI=1S/C25H25ClN2Si/c1-4-7-9-11-13-17-21-27-24-19-15-16-20-25(24)28(29(27,26)23-6-3)22-18-14-12-10-8-5-2/h1-2,6,24-25H,3,15-23H2/t24-,25-/m1/s1. The Balaban J connectivity index is 2.18. The Bertz CT molecular complexity index is 853. The van der Waals surface area contributed by atoms with Gasteiger partial charge in [-0.15, -0.1) is 30.5 Å². The molecule has 2 nitrogen and oxygen atoms in total. The van der Waals surface area contributed by atoms with Crippen LogP contribution in [-0.4, -0.2) is 42.0 Å². The van der Waals surface area contributed by atoms with Crippen molar-refractivity contribution in [2.24, 2.45) is 0 Å². The quantitative estimate of drug-likeness (QED) is 0.283. The zero-order valence-electron chi connectivity index (χ0n) is 16.7. The van der Waals surface area contributed by atoms with Gasteiger partial charge in [0.25, 0.3) is 0 Å². The number of hydrogen-bond donors (Lipinski definition) is 0. The van der Waals surface area contributed by atoms with E-state index in [0.29, 0.717) is 12.1 Å². The Kier molecular flexibility index (Phi) is 9.57. The van der Waals surface area contributed by atoms with Crippen molar-refractivity contribution >= 4 is 18.8 Å². The van der Waals surface area contributed by atoms with Crippen molar-refractivity contribution in [1.82, 2.24) is 9.13 Å². The highest BCUT2D eigenvalue weighted by Gasteiger charge is 2.57. The third-order valence-corrected chi connectivity index (χ3v) is 10.7. The molecule has 1 aliphatic carbocycles. The molecule has 2 aliphatic rings. The number of fused-ring (bicyclic) bond motifs is 1. The third-order valence-electron chi connectivity index (χ3n) is 5.31. The molecule has 0 aromatic heterocycles. The van der Waals surface area contributed by atoms with Gasteiger partial charge in [-0.1, -0.05) is 30.8 Å². The van der Waals surface area contributed by atoms with Crippen LogP contribution in [0, 0.1) is 72.1 Å². The summed E-state index contributed by atoms with van der Waals surface area (Å²) in [5.74, 6) is 26.8. The van der Waals surface area contributed by atoms with Gasteiger partial charge in [-0.3, -0.25) is 9.13 Å². The Morgan fingerprint density at radius 1 is 0.862 bits per heavy atom. The van der Waals surface area contributed by atoms with Crippen LogP contribution in [0.1, 0.15) is 38.5 Å². The van der Waals surface area contributed by atoms with E-state index in [-0.39, 0.29) is 0 Å². The highest BCUT2D eigenvalue weighted by Crippen LogP contribution is 2.43. The summed E-state index contributed by atoms with van der Waals surface area (Å²) >= 11 is 7.42. The number of hydrogen-bond acceptors (Lipinski definition) is 2. The molecule has 0 radical (unpaired) electrons. The summed E-state index contributed by atoms with van der Waals surface area (Å²) in [5.41, 5.74) is 0. The molecular formula is C25H25ClN2Si. The fourth-order valence-corrected chi connectivity index (χ4v) is 9.57. The van der Waals surface area contributed by atoms with Gasteiger partial charge in [-0.25, -0.2) is 0 Å². The second-order valence-corrected chi connectivity index (χ2v) is 11.7. The Morgan fingerprint density at radius 3 is 1.76 bits per heavy atom. The summed E-state index contributed by atoms with van der Waals surface area (Å²) in [7, 11) is -2.38. The second kappa shape index (κ2) is 12.2. The molecule has 0 unspecified atom stereocenters. The summed E-state index contributed by atoms with van der Waals surface area (Å²) in [6.07, 6.45) is 18.5. The second-order valence-electron chi connectivity index (χ2n) is 6.91. The highest BCUT2D eigenvalue weighted by atomic mass is 35.6. The summed E-state index contributed by atoms with van der Waals surface area (Å²) in [4.78, 5) is 0. The van der Waals surface area contributed by atoms with Gasteiger partial charge in [0, 0.05) is 44.1 Å². The van der Waals surface area contributed by atoms with Crippen LogP contribution in [0.5, 0.6) is 0 Å². The Labute approximate surface area is 182 Å². The minimum Gasteiger partial charge on any atom is -0.294 e. The maximum Gasteiger partial charge on any atom is 0.311 e. The predicted molar refractivity (Wildman–Crippen MR) is 124 cm³/mol. The smallest absolute Gasteiger partial charge is 0.294 e. The first kappa shape index (κ1) is 22.8. The zero-order chi connectivity index (χ0) is 21.0. The SMILES string of the molecule is C#CC#CC#CCCN1[C@@H]2CCCC[C@H]2N(CCC#CC#CC#C)[Si]1(Cl)CC=C. The first-order chi connectivity index (χ1) is 14.2. The predicted octanol–water partition coefficient (Wildman–Crippen LogP) is 3.34. The molecule has 29 heavy (non-hydrogen) atoms. The van der Waals surface area contributed by atoms with Gasteiger partial charge in [0.2, 0.25) is 0 Å². The van der Waals surface area contributed by atoms with Gasteiger partial charge in [-0.2, -0.15) is 0 Å². The molecule has 1 heterocycles. The van der Waals surface area contributed by atoms with Crippen molar-refractivity contribution in [3.63, 3.8) is 0 Å². The van der Waals surface area contributed by atoms with Gasteiger partial charge in [0.15, 0.2) is 0 Å². The zero-order valence-corrected chi connectivity index (χ0v) is 18.5.